The van der Waals surface area contributed by atoms with Crippen molar-refractivity contribution in [1.29, 1.82) is 0 Å². The first-order valence-electron chi connectivity index (χ1n) is 8.16. The highest BCUT2D eigenvalue weighted by molar-refractivity contribution is 7.19. The molecule has 0 spiro atoms. The quantitative estimate of drug-likeness (QED) is 0.532. The van der Waals surface area contributed by atoms with Gasteiger partial charge in [-0.1, -0.05) is 29.3 Å². The van der Waals surface area contributed by atoms with Crippen LogP contribution in [-0.2, 0) is 12.8 Å². The summed E-state index contributed by atoms with van der Waals surface area (Å²) in [6, 6.07) is 4.53. The Balaban J connectivity index is 1.53. The lowest BCUT2D eigenvalue weighted by molar-refractivity contribution is 0.254. The van der Waals surface area contributed by atoms with Crippen LogP contribution in [0.2, 0.25) is 10.0 Å². The number of thiophene rings is 1. The number of anilines is 2. The van der Waals surface area contributed by atoms with Gasteiger partial charge in [-0.2, -0.15) is 0 Å². The van der Waals surface area contributed by atoms with Gasteiger partial charge >= 0.3 is 6.03 Å². The van der Waals surface area contributed by atoms with Crippen molar-refractivity contribution in [3.05, 3.63) is 45.0 Å². The summed E-state index contributed by atoms with van der Waals surface area (Å²) in [7, 11) is 0. The van der Waals surface area contributed by atoms with Crippen molar-refractivity contribution in [3.8, 4) is 0 Å². The zero-order chi connectivity index (χ0) is 18.1. The number of para-hydroxylation sites is 1. The van der Waals surface area contributed by atoms with Crippen LogP contribution in [0.3, 0.4) is 0 Å². The summed E-state index contributed by atoms with van der Waals surface area (Å²) >= 11 is 13.8. The Hall–Kier alpha value is -2.09. The Morgan fingerprint density at radius 3 is 2.69 bits per heavy atom. The number of benzene rings is 1. The van der Waals surface area contributed by atoms with E-state index in [1.807, 2.05) is 0 Å². The summed E-state index contributed by atoms with van der Waals surface area (Å²) in [5, 5.41) is 4.35. The molecule has 0 saturated carbocycles. The van der Waals surface area contributed by atoms with Gasteiger partial charge in [-0.25, -0.2) is 14.8 Å². The second-order valence-electron chi connectivity index (χ2n) is 5.91. The van der Waals surface area contributed by atoms with Gasteiger partial charge in [-0.3, -0.25) is 10.9 Å². The van der Waals surface area contributed by atoms with Crippen LogP contribution in [0.25, 0.3) is 10.2 Å². The fourth-order valence-electron chi connectivity index (χ4n) is 3.06. The van der Waals surface area contributed by atoms with Gasteiger partial charge in [0.1, 0.15) is 11.2 Å². The molecule has 1 aliphatic carbocycles. The fraction of sp³-hybridized carbons (Fsp3) is 0.235. The third kappa shape index (κ3) is 3.30. The third-order valence-corrected chi connectivity index (χ3v) is 6.08. The van der Waals surface area contributed by atoms with E-state index in [-0.39, 0.29) is 0 Å². The number of carbonyl (C=O) groups is 1. The standard InChI is InChI=1S/C17H15Cl2N5OS/c18-10-5-3-6-11(19)14(10)22-17(25)24-23-15-13-9-4-1-2-7-12(9)26-16(13)21-8-20-15/h3,5-6,8H,1-2,4,7H2,(H,20,21,23)(H2,22,24,25). The van der Waals surface area contributed by atoms with E-state index in [4.69, 9.17) is 23.2 Å². The molecule has 134 valence electrons. The van der Waals surface area contributed by atoms with Gasteiger partial charge < -0.3 is 5.32 Å². The normalized spacial score (nSPS) is 13.3. The molecule has 0 unspecified atom stereocenters. The van der Waals surface area contributed by atoms with Crippen LogP contribution in [0.15, 0.2) is 24.5 Å². The number of aromatic nitrogens is 2. The summed E-state index contributed by atoms with van der Waals surface area (Å²) in [6.45, 7) is 0. The lowest BCUT2D eigenvalue weighted by Gasteiger charge is -2.14. The molecule has 1 aliphatic rings. The molecule has 9 heteroatoms. The van der Waals surface area contributed by atoms with Crippen LogP contribution < -0.4 is 16.2 Å². The lowest BCUT2D eigenvalue weighted by atomic mass is 9.97. The molecule has 3 N–H and O–H groups in total. The summed E-state index contributed by atoms with van der Waals surface area (Å²) in [4.78, 5) is 23.2. The van der Waals surface area contributed by atoms with Crippen LogP contribution in [0.4, 0.5) is 16.3 Å². The van der Waals surface area contributed by atoms with Crippen molar-refractivity contribution in [2.24, 2.45) is 0 Å². The number of nitrogens with one attached hydrogen (secondary N) is 3. The molecular formula is C17H15Cl2N5OS. The lowest BCUT2D eigenvalue weighted by Crippen LogP contribution is -2.34. The maximum absolute atomic E-state index is 12.2. The number of hydrazine groups is 1. The highest BCUT2D eigenvalue weighted by Crippen LogP contribution is 2.38. The predicted octanol–water partition coefficient (Wildman–Crippen LogP) is 5.03. The summed E-state index contributed by atoms with van der Waals surface area (Å²) in [6.07, 6.45) is 5.95. The van der Waals surface area contributed by atoms with Crippen molar-refractivity contribution >= 4 is 62.3 Å². The average molecular weight is 408 g/mol. The van der Waals surface area contributed by atoms with Crippen LogP contribution >= 0.6 is 34.5 Å². The molecule has 0 bridgehead atoms. The second-order valence-corrected chi connectivity index (χ2v) is 7.81. The van der Waals surface area contributed by atoms with Crippen LogP contribution in [0.5, 0.6) is 0 Å². The number of halogens is 2. The number of rotatable bonds is 3. The number of urea groups is 1. The molecule has 0 saturated heterocycles. The second kappa shape index (κ2) is 7.26. The van der Waals surface area contributed by atoms with E-state index in [0.717, 1.165) is 29.5 Å². The first-order chi connectivity index (χ1) is 12.6. The Morgan fingerprint density at radius 2 is 1.88 bits per heavy atom. The van der Waals surface area contributed by atoms with Gasteiger partial charge in [-0.05, 0) is 43.4 Å². The van der Waals surface area contributed by atoms with Crippen molar-refractivity contribution in [2.75, 3.05) is 10.7 Å². The van der Waals surface area contributed by atoms with Crippen LogP contribution in [-0.4, -0.2) is 16.0 Å². The highest BCUT2D eigenvalue weighted by Gasteiger charge is 2.20. The molecule has 0 atom stereocenters. The molecule has 3 aromatic rings. The highest BCUT2D eigenvalue weighted by atomic mass is 35.5. The van der Waals surface area contributed by atoms with E-state index < -0.39 is 6.03 Å². The summed E-state index contributed by atoms with van der Waals surface area (Å²) in [5.41, 5.74) is 7.12. The topological polar surface area (TPSA) is 78.9 Å². The molecule has 4 rings (SSSR count). The Labute approximate surface area is 163 Å². The van der Waals surface area contributed by atoms with Gasteiger partial charge in [0.2, 0.25) is 0 Å². The first kappa shape index (κ1) is 17.3. The molecule has 0 radical (unpaired) electrons. The monoisotopic (exact) mass is 407 g/mol. The Kier molecular flexibility index (Phi) is 4.84. The molecule has 2 heterocycles. The molecule has 0 fully saturated rings. The van der Waals surface area contributed by atoms with Gasteiger partial charge in [-0.15, -0.1) is 11.3 Å². The van der Waals surface area contributed by atoms with E-state index in [0.29, 0.717) is 21.6 Å². The maximum Gasteiger partial charge on any atom is 0.337 e. The maximum atomic E-state index is 12.2. The SMILES string of the molecule is O=C(NNc1ncnc2sc3c(c12)CCCC3)Nc1c(Cl)cccc1Cl. The minimum atomic E-state index is -0.490. The smallest absolute Gasteiger partial charge is 0.304 e. The number of amides is 2. The zero-order valence-corrected chi connectivity index (χ0v) is 15.9. The number of hydrogen-bond donors (Lipinski definition) is 3. The predicted molar refractivity (Wildman–Crippen MR) is 106 cm³/mol. The van der Waals surface area contributed by atoms with E-state index in [2.05, 4.69) is 26.1 Å². The number of hydrogen-bond acceptors (Lipinski definition) is 5. The molecule has 0 aliphatic heterocycles. The molecule has 6 nitrogen and oxygen atoms in total. The van der Waals surface area contributed by atoms with E-state index >= 15 is 0 Å². The summed E-state index contributed by atoms with van der Waals surface area (Å²) in [5.74, 6) is 0.592. The number of carbonyl (C=O) groups excluding carboxylic acids is 1. The molecule has 26 heavy (non-hydrogen) atoms. The largest absolute Gasteiger partial charge is 0.337 e. The summed E-state index contributed by atoms with van der Waals surface area (Å²) < 4.78 is 0. The van der Waals surface area contributed by atoms with Crippen molar-refractivity contribution < 1.29 is 4.79 Å². The van der Waals surface area contributed by atoms with Crippen LogP contribution in [0, 0.1) is 0 Å². The third-order valence-electron chi connectivity index (χ3n) is 4.25. The van der Waals surface area contributed by atoms with Gasteiger partial charge in [0.25, 0.3) is 0 Å². The van der Waals surface area contributed by atoms with Gasteiger partial charge in [0.05, 0.1) is 21.1 Å². The Bertz CT molecular complexity index is 970. The molecular weight excluding hydrogens is 393 g/mol. The zero-order valence-electron chi connectivity index (χ0n) is 13.6. The van der Waals surface area contributed by atoms with E-state index in [9.17, 15) is 4.79 Å². The van der Waals surface area contributed by atoms with Crippen LogP contribution in [0.1, 0.15) is 23.3 Å². The number of nitrogens with zero attached hydrogens (tertiary/aromatic N) is 2. The average Bonchev–Trinajstić information content (AvgIpc) is 3.02. The van der Waals surface area contributed by atoms with Gasteiger partial charge in [0, 0.05) is 4.88 Å². The van der Waals surface area contributed by atoms with Crippen molar-refractivity contribution in [3.63, 3.8) is 0 Å². The van der Waals surface area contributed by atoms with Crippen molar-refractivity contribution in [1.82, 2.24) is 15.4 Å². The first-order valence-corrected chi connectivity index (χ1v) is 9.73. The van der Waals surface area contributed by atoms with Gasteiger partial charge in [0.15, 0.2) is 5.82 Å². The fourth-order valence-corrected chi connectivity index (χ4v) is 4.78. The number of fused-ring (bicyclic) bond motifs is 3. The minimum absolute atomic E-state index is 0.357. The molecule has 2 aromatic heterocycles. The Morgan fingerprint density at radius 1 is 1.12 bits per heavy atom. The number of aryl methyl sites for hydroxylation is 2. The van der Waals surface area contributed by atoms with Crippen molar-refractivity contribution in [2.45, 2.75) is 25.7 Å². The minimum Gasteiger partial charge on any atom is -0.304 e. The van der Waals surface area contributed by atoms with E-state index in [1.165, 1.54) is 23.2 Å². The molecule has 1 aromatic carbocycles. The molecule has 2 amide bonds. The van der Waals surface area contributed by atoms with E-state index in [1.54, 1.807) is 29.5 Å².